The Labute approximate surface area is 138 Å². The molecule has 0 atom stereocenters. The van der Waals surface area contributed by atoms with Gasteiger partial charge < -0.3 is 15.0 Å². The number of nitrogens with two attached hydrogens (primary N) is 1. The van der Waals surface area contributed by atoms with Crippen LogP contribution in [-0.2, 0) is 21.5 Å². The van der Waals surface area contributed by atoms with E-state index in [1.165, 1.54) is 0 Å². The molecule has 0 aromatic carbocycles. The minimum Gasteiger partial charge on any atom is -0.460 e. The highest BCUT2D eigenvalue weighted by atomic mass is 16.6. The average Bonchev–Trinajstić information content (AvgIpc) is 2.88. The van der Waals surface area contributed by atoms with Crippen LogP contribution >= 0.6 is 0 Å². The largest absolute Gasteiger partial charge is 0.460 e. The van der Waals surface area contributed by atoms with Crippen LogP contribution in [0, 0.1) is 5.41 Å². The molecule has 23 heavy (non-hydrogen) atoms. The van der Waals surface area contributed by atoms with Crippen LogP contribution in [0.4, 0.5) is 0 Å². The van der Waals surface area contributed by atoms with Crippen molar-refractivity contribution in [3.05, 3.63) is 11.7 Å². The predicted octanol–water partition coefficient (Wildman–Crippen LogP) is 3.10. The molecule has 1 aromatic heterocycles. The minimum absolute atomic E-state index is 0.226. The van der Waals surface area contributed by atoms with Gasteiger partial charge in [-0.05, 0) is 51.9 Å². The van der Waals surface area contributed by atoms with E-state index in [9.17, 15) is 4.79 Å². The molecule has 1 aromatic rings. The van der Waals surface area contributed by atoms with Gasteiger partial charge in [0.25, 0.3) is 0 Å². The third kappa shape index (κ3) is 5.03. The van der Waals surface area contributed by atoms with E-state index in [1.54, 1.807) is 0 Å². The first kappa shape index (κ1) is 17.9. The summed E-state index contributed by atoms with van der Waals surface area (Å²) in [7, 11) is 0. The van der Waals surface area contributed by atoms with E-state index in [0.717, 1.165) is 25.7 Å². The van der Waals surface area contributed by atoms with Gasteiger partial charge in [-0.25, -0.2) is 0 Å². The maximum atomic E-state index is 11.7. The topological polar surface area (TPSA) is 91.2 Å². The van der Waals surface area contributed by atoms with Crippen LogP contribution in [-0.4, -0.2) is 21.7 Å². The van der Waals surface area contributed by atoms with E-state index in [0.29, 0.717) is 23.6 Å². The van der Waals surface area contributed by atoms with Gasteiger partial charge in [-0.2, -0.15) is 4.98 Å². The summed E-state index contributed by atoms with van der Waals surface area (Å²) >= 11 is 0. The Morgan fingerprint density at radius 1 is 1.26 bits per heavy atom. The molecule has 6 heteroatoms. The van der Waals surface area contributed by atoms with Crippen molar-refractivity contribution in [2.45, 2.75) is 84.3 Å². The zero-order valence-electron chi connectivity index (χ0n) is 14.9. The summed E-state index contributed by atoms with van der Waals surface area (Å²) in [5, 5.41) is 4.05. The second kappa shape index (κ2) is 6.23. The van der Waals surface area contributed by atoms with E-state index in [1.807, 2.05) is 20.8 Å². The Bertz CT molecular complexity index is 548. The first-order chi connectivity index (χ1) is 10.5. The number of carbonyl (C=O) groups is 1. The summed E-state index contributed by atoms with van der Waals surface area (Å²) in [6, 6.07) is 0. The van der Waals surface area contributed by atoms with Crippen molar-refractivity contribution in [1.82, 2.24) is 10.1 Å². The van der Waals surface area contributed by atoms with Gasteiger partial charge in [-0.1, -0.05) is 19.0 Å². The highest BCUT2D eigenvalue weighted by molar-refractivity contribution is 5.70. The van der Waals surface area contributed by atoms with E-state index >= 15 is 0 Å². The molecular formula is C17H29N3O3. The third-order valence-electron chi connectivity index (χ3n) is 4.37. The van der Waals surface area contributed by atoms with Gasteiger partial charge in [-0.3, -0.25) is 4.79 Å². The maximum absolute atomic E-state index is 11.7. The van der Waals surface area contributed by atoms with Gasteiger partial charge in [0.15, 0.2) is 5.82 Å². The molecule has 0 amide bonds. The number of aromatic nitrogens is 2. The zero-order valence-corrected chi connectivity index (χ0v) is 14.9. The van der Waals surface area contributed by atoms with Crippen LogP contribution in [0.3, 0.4) is 0 Å². The van der Waals surface area contributed by atoms with Crippen LogP contribution in [0.5, 0.6) is 0 Å². The lowest BCUT2D eigenvalue weighted by Crippen LogP contribution is -2.43. The van der Waals surface area contributed by atoms with Gasteiger partial charge in [0, 0.05) is 6.42 Å². The highest BCUT2D eigenvalue weighted by Gasteiger charge is 2.39. The molecule has 2 N–H and O–H groups in total. The minimum atomic E-state index is -0.511. The molecule has 1 aliphatic rings. The van der Waals surface area contributed by atoms with Crippen LogP contribution in [0.2, 0.25) is 0 Å². The number of ether oxygens (including phenoxy) is 1. The molecule has 1 heterocycles. The van der Waals surface area contributed by atoms with Gasteiger partial charge in [-0.15, -0.1) is 0 Å². The molecule has 0 bridgehead atoms. The SMILES string of the molecule is CC1(C)CCC(N)(c2noc(CCC(=O)OC(C)(C)C)n2)CC1. The molecule has 1 fully saturated rings. The van der Waals surface area contributed by atoms with Crippen molar-refractivity contribution in [3.63, 3.8) is 0 Å². The van der Waals surface area contributed by atoms with Crippen LogP contribution in [0.25, 0.3) is 0 Å². The fraction of sp³-hybridized carbons (Fsp3) is 0.824. The summed E-state index contributed by atoms with van der Waals surface area (Å²) in [6.45, 7) is 10.1. The van der Waals surface area contributed by atoms with Crippen LogP contribution in [0.1, 0.15) is 78.4 Å². The normalized spacial score (nSPS) is 20.3. The number of aryl methyl sites for hydroxylation is 1. The van der Waals surface area contributed by atoms with Gasteiger partial charge >= 0.3 is 5.97 Å². The Kier molecular flexibility index (Phi) is 4.85. The number of carbonyl (C=O) groups excluding carboxylic acids is 1. The summed E-state index contributed by atoms with van der Waals surface area (Å²) in [5.41, 5.74) is 5.81. The van der Waals surface area contributed by atoms with Gasteiger partial charge in [0.05, 0.1) is 12.0 Å². The molecule has 0 spiro atoms. The van der Waals surface area contributed by atoms with Crippen molar-refractivity contribution in [1.29, 1.82) is 0 Å². The molecule has 1 saturated carbocycles. The lowest BCUT2D eigenvalue weighted by molar-refractivity contribution is -0.154. The molecule has 0 saturated heterocycles. The fourth-order valence-electron chi connectivity index (χ4n) is 2.76. The maximum Gasteiger partial charge on any atom is 0.306 e. The van der Waals surface area contributed by atoms with Crippen molar-refractivity contribution in [3.8, 4) is 0 Å². The lowest BCUT2D eigenvalue weighted by Gasteiger charge is -2.39. The summed E-state index contributed by atoms with van der Waals surface area (Å²) in [5.74, 6) is 0.742. The second-order valence-electron chi connectivity index (χ2n) is 8.42. The Hall–Kier alpha value is -1.43. The van der Waals surface area contributed by atoms with E-state index in [-0.39, 0.29) is 12.4 Å². The monoisotopic (exact) mass is 323 g/mol. The molecule has 0 aliphatic heterocycles. The number of rotatable bonds is 4. The highest BCUT2D eigenvalue weighted by Crippen LogP contribution is 2.42. The number of nitrogens with zero attached hydrogens (tertiary/aromatic N) is 2. The Morgan fingerprint density at radius 2 is 1.87 bits per heavy atom. The molecule has 1 aliphatic carbocycles. The number of hydrogen-bond acceptors (Lipinski definition) is 6. The first-order valence-electron chi connectivity index (χ1n) is 8.33. The second-order valence-corrected chi connectivity index (χ2v) is 8.42. The van der Waals surface area contributed by atoms with Crippen LogP contribution in [0.15, 0.2) is 4.52 Å². The first-order valence-corrected chi connectivity index (χ1v) is 8.33. The van der Waals surface area contributed by atoms with E-state index < -0.39 is 11.1 Å². The van der Waals surface area contributed by atoms with Gasteiger partial charge in [0.2, 0.25) is 5.89 Å². The fourth-order valence-corrected chi connectivity index (χ4v) is 2.76. The predicted molar refractivity (Wildman–Crippen MR) is 86.6 cm³/mol. The lowest BCUT2D eigenvalue weighted by atomic mass is 9.69. The van der Waals surface area contributed by atoms with Crippen molar-refractivity contribution in [2.75, 3.05) is 0 Å². The molecular weight excluding hydrogens is 294 g/mol. The number of esters is 1. The van der Waals surface area contributed by atoms with Gasteiger partial charge in [0.1, 0.15) is 5.60 Å². The summed E-state index contributed by atoms with van der Waals surface area (Å²) in [4.78, 5) is 16.1. The van der Waals surface area contributed by atoms with Crippen molar-refractivity contribution in [2.24, 2.45) is 11.1 Å². The van der Waals surface area contributed by atoms with E-state index in [2.05, 4.69) is 24.0 Å². The molecule has 0 unspecified atom stereocenters. The molecule has 2 rings (SSSR count). The smallest absolute Gasteiger partial charge is 0.306 e. The standard InChI is InChI=1S/C17H29N3O3/c1-15(2,3)22-13(21)7-6-12-19-14(20-23-12)17(18)10-8-16(4,5)9-11-17/h6-11,18H2,1-5H3. The molecule has 6 nitrogen and oxygen atoms in total. The van der Waals surface area contributed by atoms with Crippen molar-refractivity contribution < 1.29 is 14.1 Å². The summed E-state index contributed by atoms with van der Waals surface area (Å²) in [6.07, 6.45) is 4.40. The summed E-state index contributed by atoms with van der Waals surface area (Å²) < 4.78 is 10.5. The number of hydrogen-bond donors (Lipinski definition) is 1. The third-order valence-corrected chi connectivity index (χ3v) is 4.37. The zero-order chi connectivity index (χ0) is 17.3. The van der Waals surface area contributed by atoms with Crippen molar-refractivity contribution >= 4 is 5.97 Å². The molecule has 130 valence electrons. The van der Waals surface area contributed by atoms with E-state index in [4.69, 9.17) is 15.0 Å². The quantitative estimate of drug-likeness (QED) is 0.856. The Balaban J connectivity index is 1.92. The average molecular weight is 323 g/mol. The Morgan fingerprint density at radius 3 is 2.43 bits per heavy atom. The van der Waals surface area contributed by atoms with Crippen LogP contribution < -0.4 is 5.73 Å². The molecule has 0 radical (unpaired) electrons.